The molecule has 0 atom stereocenters. The van der Waals surface area contributed by atoms with Gasteiger partial charge in [0.2, 0.25) is 0 Å². The minimum absolute atomic E-state index is 1.17. The van der Waals surface area contributed by atoms with Crippen LogP contribution in [0.5, 0.6) is 0 Å². The van der Waals surface area contributed by atoms with Gasteiger partial charge >= 0.3 is 0 Å². The number of benzene rings is 9. The van der Waals surface area contributed by atoms with Crippen molar-refractivity contribution >= 4 is 107 Å². The molecule has 0 saturated carbocycles. The third kappa shape index (κ3) is 3.56. The van der Waals surface area contributed by atoms with E-state index in [1.807, 2.05) is 11.3 Å². The van der Waals surface area contributed by atoms with E-state index in [4.69, 9.17) is 0 Å². The number of hydrogen-bond acceptors (Lipinski definition) is 1. The van der Waals surface area contributed by atoms with Crippen LogP contribution in [0.25, 0.3) is 107 Å². The molecular weight excluding hydrogens is 637 g/mol. The maximum Gasteiger partial charge on any atom is 0.0656 e. The highest BCUT2D eigenvalue weighted by Gasteiger charge is 2.26. The summed E-state index contributed by atoms with van der Waals surface area (Å²) < 4.78 is 7.72. The highest BCUT2D eigenvalue weighted by Crippen LogP contribution is 2.51. The summed E-state index contributed by atoms with van der Waals surface area (Å²) in [5.74, 6) is 0. The Hall–Kier alpha value is -6.42. The maximum atomic E-state index is 2.56. The molecule has 0 aliphatic heterocycles. The number of para-hydroxylation sites is 3. The summed E-state index contributed by atoms with van der Waals surface area (Å²) in [6.07, 6.45) is 0. The van der Waals surface area contributed by atoms with Crippen molar-refractivity contribution < 1.29 is 0 Å². The van der Waals surface area contributed by atoms with Crippen LogP contribution in [0.3, 0.4) is 0 Å². The summed E-state index contributed by atoms with van der Waals surface area (Å²) in [4.78, 5) is 0. The summed E-state index contributed by atoms with van der Waals surface area (Å²) in [5, 5.41) is 15.5. The average molecular weight is 665 g/mol. The van der Waals surface area contributed by atoms with Gasteiger partial charge in [0.15, 0.2) is 0 Å². The molecule has 3 aromatic heterocycles. The monoisotopic (exact) mass is 664 g/mol. The fourth-order valence-electron chi connectivity index (χ4n) is 9.03. The van der Waals surface area contributed by atoms with Crippen LogP contribution in [0.4, 0.5) is 0 Å². The normalized spacial score (nSPS) is 12.3. The molecule has 3 heteroatoms. The third-order valence-electron chi connectivity index (χ3n) is 11.0. The molecule has 9 aromatic carbocycles. The lowest BCUT2D eigenvalue weighted by Gasteiger charge is -2.14. The Labute approximate surface area is 296 Å². The molecule has 0 amide bonds. The minimum atomic E-state index is 1.17. The largest absolute Gasteiger partial charge is 0.308 e. The van der Waals surface area contributed by atoms with E-state index in [0.29, 0.717) is 0 Å². The Morgan fingerprint density at radius 2 is 0.765 bits per heavy atom. The van der Waals surface area contributed by atoms with Gasteiger partial charge in [-0.3, -0.25) is 0 Å². The Morgan fingerprint density at radius 3 is 1.41 bits per heavy atom. The van der Waals surface area contributed by atoms with Gasteiger partial charge in [-0.05, 0) is 74.8 Å². The number of hydrogen-bond donors (Lipinski definition) is 0. The first kappa shape index (κ1) is 27.4. The van der Waals surface area contributed by atoms with Crippen molar-refractivity contribution in [3.8, 4) is 11.4 Å². The van der Waals surface area contributed by atoms with Crippen LogP contribution in [0, 0.1) is 0 Å². The van der Waals surface area contributed by atoms with Gasteiger partial charge in [-0.25, -0.2) is 0 Å². The molecule has 0 saturated heterocycles. The molecule has 0 aliphatic rings. The van der Waals surface area contributed by atoms with E-state index in [9.17, 15) is 0 Å². The molecule has 3 heterocycles. The van der Waals surface area contributed by atoms with Crippen molar-refractivity contribution in [1.29, 1.82) is 0 Å². The number of thiophene rings is 1. The number of fused-ring (bicyclic) bond motifs is 18. The van der Waals surface area contributed by atoms with Crippen LogP contribution < -0.4 is 0 Å². The lowest BCUT2D eigenvalue weighted by Crippen LogP contribution is -1.96. The van der Waals surface area contributed by atoms with Crippen molar-refractivity contribution in [3.63, 3.8) is 0 Å². The predicted molar refractivity (Wildman–Crippen MR) is 221 cm³/mol. The maximum absolute atomic E-state index is 2.56. The van der Waals surface area contributed by atoms with Gasteiger partial charge in [-0.1, -0.05) is 127 Å². The first-order valence-corrected chi connectivity index (χ1v) is 18.4. The molecule has 0 spiro atoms. The zero-order chi connectivity index (χ0) is 33.2. The first-order chi connectivity index (χ1) is 25.3. The van der Waals surface area contributed by atoms with Gasteiger partial charge in [-0.15, -0.1) is 11.3 Å². The molecular formula is C48H28N2S. The fraction of sp³-hybridized carbons (Fsp3) is 0. The smallest absolute Gasteiger partial charge is 0.0656 e. The molecule has 0 fully saturated rings. The van der Waals surface area contributed by atoms with Crippen molar-refractivity contribution in [1.82, 2.24) is 9.13 Å². The molecule has 236 valence electrons. The lowest BCUT2D eigenvalue weighted by molar-refractivity contribution is 1.18. The van der Waals surface area contributed by atoms with Crippen molar-refractivity contribution in [2.75, 3.05) is 0 Å². The Bertz CT molecular complexity index is 3380. The van der Waals surface area contributed by atoms with E-state index in [1.54, 1.807) is 0 Å². The molecule has 51 heavy (non-hydrogen) atoms. The van der Waals surface area contributed by atoms with E-state index in [2.05, 4.69) is 179 Å². The van der Waals surface area contributed by atoms with Gasteiger partial charge in [0.05, 0.1) is 22.1 Å². The Morgan fingerprint density at radius 1 is 0.314 bits per heavy atom. The molecule has 2 nitrogen and oxygen atoms in total. The second-order valence-electron chi connectivity index (χ2n) is 13.6. The number of rotatable bonds is 2. The summed E-state index contributed by atoms with van der Waals surface area (Å²) in [6, 6.07) is 62.7. The van der Waals surface area contributed by atoms with Crippen molar-refractivity contribution in [2.24, 2.45) is 0 Å². The van der Waals surface area contributed by atoms with Crippen LogP contribution in [-0.4, -0.2) is 9.13 Å². The topological polar surface area (TPSA) is 9.86 Å². The molecule has 12 rings (SSSR count). The minimum Gasteiger partial charge on any atom is -0.308 e. The second-order valence-corrected chi connectivity index (χ2v) is 14.7. The predicted octanol–water partition coefficient (Wildman–Crippen LogP) is 13.7. The van der Waals surface area contributed by atoms with Gasteiger partial charge in [0, 0.05) is 53.1 Å². The van der Waals surface area contributed by atoms with Crippen LogP contribution in [0.2, 0.25) is 0 Å². The van der Waals surface area contributed by atoms with Crippen LogP contribution in [0.1, 0.15) is 0 Å². The van der Waals surface area contributed by atoms with E-state index in [1.165, 1.54) is 107 Å². The standard InChI is InChI=1S/C48H28N2S/c1-2-14-29(15-3-1)49-40-23-11-8-20-36(40)43-46-44(48-45(47(43)49)38-22-10-13-25-42(38)51-48)37-21-9-12-24-41(37)50(46)30-26-27-35-33-18-5-4-16-31(33)32-17-6-7-19-34(32)39(35)28-30/h1-28H. The zero-order valence-corrected chi connectivity index (χ0v) is 28.3. The highest BCUT2D eigenvalue weighted by molar-refractivity contribution is 7.27. The van der Waals surface area contributed by atoms with Gasteiger partial charge in [-0.2, -0.15) is 0 Å². The Kier molecular flexibility index (Phi) is 5.41. The van der Waals surface area contributed by atoms with Crippen LogP contribution >= 0.6 is 11.3 Å². The quantitative estimate of drug-likeness (QED) is 0.163. The molecule has 0 N–H and O–H groups in total. The molecule has 0 radical (unpaired) electrons. The molecule has 0 aliphatic carbocycles. The number of aromatic nitrogens is 2. The lowest BCUT2D eigenvalue weighted by atomic mass is 9.94. The van der Waals surface area contributed by atoms with E-state index < -0.39 is 0 Å². The molecule has 0 unspecified atom stereocenters. The first-order valence-electron chi connectivity index (χ1n) is 17.5. The zero-order valence-electron chi connectivity index (χ0n) is 27.5. The highest BCUT2D eigenvalue weighted by atomic mass is 32.1. The SMILES string of the molecule is c1ccc(-n2c3ccccc3c3c4c(c5ccccc5n4-c4ccc5c6ccccc6c6ccccc6c5c4)c4sc5ccccc5c4c32)cc1. The average Bonchev–Trinajstić information content (AvgIpc) is 3.86. The van der Waals surface area contributed by atoms with Gasteiger partial charge in [0.1, 0.15) is 0 Å². The van der Waals surface area contributed by atoms with Crippen molar-refractivity contribution in [2.45, 2.75) is 0 Å². The van der Waals surface area contributed by atoms with Gasteiger partial charge in [0.25, 0.3) is 0 Å². The summed E-state index contributed by atoms with van der Waals surface area (Å²) in [7, 11) is 0. The molecule has 0 bridgehead atoms. The third-order valence-corrected chi connectivity index (χ3v) is 12.2. The van der Waals surface area contributed by atoms with Crippen LogP contribution in [0.15, 0.2) is 170 Å². The van der Waals surface area contributed by atoms with E-state index in [0.717, 1.165) is 0 Å². The van der Waals surface area contributed by atoms with E-state index >= 15 is 0 Å². The molecule has 12 aromatic rings. The second kappa shape index (κ2) is 10.1. The summed E-state index contributed by atoms with van der Waals surface area (Å²) >= 11 is 1.92. The van der Waals surface area contributed by atoms with Crippen LogP contribution in [-0.2, 0) is 0 Å². The fourth-order valence-corrected chi connectivity index (χ4v) is 10.3. The van der Waals surface area contributed by atoms with Gasteiger partial charge < -0.3 is 9.13 Å². The summed E-state index contributed by atoms with van der Waals surface area (Å²) in [5.41, 5.74) is 7.32. The van der Waals surface area contributed by atoms with E-state index in [-0.39, 0.29) is 0 Å². The Balaban J connectivity index is 1.36. The number of nitrogens with zero attached hydrogens (tertiary/aromatic N) is 2. The van der Waals surface area contributed by atoms with Crippen molar-refractivity contribution in [3.05, 3.63) is 170 Å². The summed E-state index contributed by atoms with van der Waals surface area (Å²) in [6.45, 7) is 0.